The summed E-state index contributed by atoms with van der Waals surface area (Å²) >= 11 is 1.37. The Morgan fingerprint density at radius 3 is 2.48 bits per heavy atom. The molecule has 1 aromatic carbocycles. The molecule has 0 bridgehead atoms. The molecule has 3 rings (SSSR count). The number of rotatable bonds is 10. The lowest BCUT2D eigenvalue weighted by Gasteiger charge is -2.25. The van der Waals surface area contributed by atoms with Crippen molar-refractivity contribution < 1.29 is 23.9 Å². The van der Waals surface area contributed by atoms with Gasteiger partial charge >= 0.3 is 0 Å². The lowest BCUT2D eigenvalue weighted by molar-refractivity contribution is -0.123. The van der Waals surface area contributed by atoms with E-state index in [-0.39, 0.29) is 55.4 Å². The van der Waals surface area contributed by atoms with Gasteiger partial charge in [0.2, 0.25) is 11.8 Å². The highest BCUT2D eigenvalue weighted by Gasteiger charge is 2.21. The summed E-state index contributed by atoms with van der Waals surface area (Å²) in [6.07, 6.45) is 0.445. The first-order chi connectivity index (χ1) is 14.9. The molecule has 1 atom stereocenters. The summed E-state index contributed by atoms with van der Waals surface area (Å²) in [6, 6.07) is 9.09. The molecule has 166 valence electrons. The van der Waals surface area contributed by atoms with E-state index < -0.39 is 0 Å². The fourth-order valence-electron chi connectivity index (χ4n) is 3.33. The first kappa shape index (κ1) is 22.8. The van der Waals surface area contributed by atoms with Crippen molar-refractivity contribution in [2.75, 3.05) is 19.8 Å². The molecule has 8 heteroatoms. The number of ether oxygens (including phenoxy) is 2. The second kappa shape index (κ2) is 10.9. The van der Waals surface area contributed by atoms with E-state index in [1.807, 2.05) is 43.5 Å². The number of benzene rings is 1. The maximum Gasteiger partial charge on any atom is 0.222 e. The highest BCUT2D eigenvalue weighted by molar-refractivity contribution is 7.12. The Morgan fingerprint density at radius 2 is 1.77 bits per heavy atom. The maximum atomic E-state index is 12.5. The van der Waals surface area contributed by atoms with Crippen LogP contribution in [-0.2, 0) is 9.59 Å². The van der Waals surface area contributed by atoms with E-state index in [1.54, 1.807) is 6.07 Å². The number of carbonyl (C=O) groups is 3. The van der Waals surface area contributed by atoms with Gasteiger partial charge in [-0.3, -0.25) is 14.4 Å². The number of nitrogens with one attached hydrogen (secondary N) is 2. The van der Waals surface area contributed by atoms with Crippen molar-refractivity contribution in [2.24, 2.45) is 5.92 Å². The fourth-order valence-corrected chi connectivity index (χ4v) is 4.02. The largest absolute Gasteiger partial charge is 0.486 e. The molecule has 1 aliphatic rings. The third-order valence-electron chi connectivity index (χ3n) is 4.96. The number of hydrogen-bond donors (Lipinski definition) is 2. The molecular formula is C23H28N2O5S. The molecule has 2 N–H and O–H groups in total. The van der Waals surface area contributed by atoms with Gasteiger partial charge < -0.3 is 20.1 Å². The first-order valence-corrected chi connectivity index (χ1v) is 11.3. The molecule has 2 amide bonds. The zero-order valence-corrected chi connectivity index (χ0v) is 18.6. The van der Waals surface area contributed by atoms with E-state index in [9.17, 15) is 14.4 Å². The van der Waals surface area contributed by atoms with Gasteiger partial charge in [-0.05, 0) is 35.1 Å². The number of carbonyl (C=O) groups excluding carboxylic acids is 3. The van der Waals surface area contributed by atoms with E-state index in [0.29, 0.717) is 29.6 Å². The Bertz CT molecular complexity index is 911. The van der Waals surface area contributed by atoms with Crippen molar-refractivity contribution in [1.82, 2.24) is 10.6 Å². The van der Waals surface area contributed by atoms with E-state index in [2.05, 4.69) is 10.6 Å². The summed E-state index contributed by atoms with van der Waals surface area (Å²) in [5.74, 6) is 1.15. The van der Waals surface area contributed by atoms with Gasteiger partial charge in [0.1, 0.15) is 13.2 Å². The number of amides is 2. The Hall–Kier alpha value is -2.87. The smallest absolute Gasteiger partial charge is 0.222 e. The fraction of sp³-hybridized carbons (Fsp3) is 0.435. The molecule has 1 aliphatic heterocycles. The third-order valence-corrected chi connectivity index (χ3v) is 5.87. The minimum Gasteiger partial charge on any atom is -0.486 e. The van der Waals surface area contributed by atoms with Crippen LogP contribution in [0.1, 0.15) is 54.4 Å². The molecule has 0 aliphatic carbocycles. The number of thiophene rings is 1. The summed E-state index contributed by atoms with van der Waals surface area (Å²) in [6.45, 7) is 5.34. The predicted octanol–water partition coefficient (Wildman–Crippen LogP) is 3.50. The van der Waals surface area contributed by atoms with Crippen LogP contribution in [0.15, 0.2) is 35.7 Å². The van der Waals surface area contributed by atoms with Gasteiger partial charge in [-0.1, -0.05) is 26.0 Å². The number of fused-ring (bicyclic) bond motifs is 1. The first-order valence-electron chi connectivity index (χ1n) is 10.5. The van der Waals surface area contributed by atoms with Gasteiger partial charge in [-0.25, -0.2) is 0 Å². The van der Waals surface area contributed by atoms with Crippen LogP contribution in [0.4, 0.5) is 0 Å². The average molecular weight is 445 g/mol. The molecule has 7 nitrogen and oxygen atoms in total. The van der Waals surface area contributed by atoms with Crippen LogP contribution in [0, 0.1) is 5.92 Å². The van der Waals surface area contributed by atoms with Crippen LogP contribution < -0.4 is 20.1 Å². The standard InChI is InChI=1S/C23H28N2O5S/c1-15(2)23(16-5-7-18-19(14-16)30-12-11-29-18)25-22(28)9-10-24-21(27)8-6-17(26)20-4-3-13-31-20/h3-5,7,13-15,23H,6,8-12H2,1-2H3,(H,24,27)(H,25,28). The predicted molar refractivity (Wildman–Crippen MR) is 119 cm³/mol. The highest BCUT2D eigenvalue weighted by atomic mass is 32.1. The Balaban J connectivity index is 1.44. The van der Waals surface area contributed by atoms with Gasteiger partial charge in [-0.15, -0.1) is 11.3 Å². The SMILES string of the molecule is CC(C)C(NC(=O)CCNC(=O)CCC(=O)c1cccs1)c1ccc2c(c1)OCCO2. The Kier molecular flexibility index (Phi) is 8.06. The van der Waals surface area contributed by atoms with Crippen molar-refractivity contribution >= 4 is 28.9 Å². The van der Waals surface area contributed by atoms with Gasteiger partial charge in [-0.2, -0.15) is 0 Å². The normalized spacial score (nSPS) is 13.5. The quantitative estimate of drug-likeness (QED) is 0.547. The van der Waals surface area contributed by atoms with Crippen LogP contribution in [0.3, 0.4) is 0 Å². The zero-order valence-electron chi connectivity index (χ0n) is 17.8. The van der Waals surface area contributed by atoms with Gasteiger partial charge in [0.25, 0.3) is 0 Å². The number of hydrogen-bond acceptors (Lipinski definition) is 6. The highest BCUT2D eigenvalue weighted by Crippen LogP contribution is 2.34. The summed E-state index contributed by atoms with van der Waals surface area (Å²) in [4.78, 5) is 37.0. The van der Waals surface area contributed by atoms with Crippen LogP contribution >= 0.6 is 11.3 Å². The number of Topliss-reactive ketones (excluding diaryl/α,β-unsaturated/α-hetero) is 1. The van der Waals surface area contributed by atoms with E-state index in [1.165, 1.54) is 11.3 Å². The molecule has 0 saturated carbocycles. The molecule has 1 aromatic heterocycles. The molecule has 0 saturated heterocycles. The van der Waals surface area contributed by atoms with Crippen LogP contribution in [0.25, 0.3) is 0 Å². The summed E-state index contributed by atoms with van der Waals surface area (Å²) < 4.78 is 11.2. The number of ketones is 1. The molecular weight excluding hydrogens is 416 g/mol. The summed E-state index contributed by atoms with van der Waals surface area (Å²) in [5, 5.41) is 7.59. The van der Waals surface area contributed by atoms with Gasteiger partial charge in [0.05, 0.1) is 10.9 Å². The van der Waals surface area contributed by atoms with Crippen LogP contribution in [0.5, 0.6) is 11.5 Å². The summed E-state index contributed by atoms with van der Waals surface area (Å²) in [5.41, 5.74) is 0.948. The minimum atomic E-state index is -0.232. The van der Waals surface area contributed by atoms with Crippen molar-refractivity contribution in [2.45, 2.75) is 39.2 Å². The maximum absolute atomic E-state index is 12.5. The van der Waals surface area contributed by atoms with Gasteiger partial charge in [0, 0.05) is 25.8 Å². The molecule has 1 unspecified atom stereocenters. The molecule has 0 spiro atoms. The molecule has 0 fully saturated rings. The topological polar surface area (TPSA) is 93.7 Å². The Morgan fingerprint density at radius 1 is 1.00 bits per heavy atom. The third kappa shape index (κ3) is 6.55. The van der Waals surface area contributed by atoms with E-state index in [4.69, 9.17) is 9.47 Å². The lowest BCUT2D eigenvalue weighted by Crippen LogP contribution is -2.35. The van der Waals surface area contributed by atoms with Crippen molar-refractivity contribution in [3.05, 3.63) is 46.2 Å². The zero-order chi connectivity index (χ0) is 22.2. The minimum absolute atomic E-state index is 0.0397. The van der Waals surface area contributed by atoms with Crippen molar-refractivity contribution in [1.29, 1.82) is 0 Å². The molecule has 2 heterocycles. The van der Waals surface area contributed by atoms with Crippen molar-refractivity contribution in [3.63, 3.8) is 0 Å². The van der Waals surface area contributed by atoms with E-state index >= 15 is 0 Å². The molecule has 31 heavy (non-hydrogen) atoms. The van der Waals surface area contributed by atoms with Gasteiger partial charge in [0.15, 0.2) is 17.3 Å². The van der Waals surface area contributed by atoms with Crippen LogP contribution in [-0.4, -0.2) is 37.4 Å². The molecule has 2 aromatic rings. The second-order valence-corrected chi connectivity index (χ2v) is 8.64. The lowest BCUT2D eigenvalue weighted by atomic mass is 9.95. The van der Waals surface area contributed by atoms with Crippen molar-refractivity contribution in [3.8, 4) is 11.5 Å². The summed E-state index contributed by atoms with van der Waals surface area (Å²) in [7, 11) is 0. The van der Waals surface area contributed by atoms with Crippen LogP contribution in [0.2, 0.25) is 0 Å². The Labute approximate surface area is 186 Å². The average Bonchev–Trinajstić information content (AvgIpc) is 3.30. The van der Waals surface area contributed by atoms with E-state index in [0.717, 1.165) is 5.56 Å². The monoisotopic (exact) mass is 444 g/mol. The molecule has 0 radical (unpaired) electrons. The second-order valence-electron chi connectivity index (χ2n) is 7.69.